The molecule has 0 saturated carbocycles. The van der Waals surface area contributed by atoms with E-state index >= 15 is 0 Å². The van der Waals surface area contributed by atoms with E-state index in [9.17, 15) is 9.18 Å². The van der Waals surface area contributed by atoms with Crippen molar-refractivity contribution in [3.05, 3.63) is 30.1 Å². The van der Waals surface area contributed by atoms with Crippen molar-refractivity contribution < 1.29 is 13.9 Å². The fourth-order valence-electron chi connectivity index (χ4n) is 2.26. The maximum absolute atomic E-state index is 13.1. The number of benzene rings is 1. The van der Waals surface area contributed by atoms with Gasteiger partial charge in [0.2, 0.25) is 0 Å². The average Bonchev–Trinajstić information content (AvgIpc) is 2.76. The lowest BCUT2D eigenvalue weighted by molar-refractivity contribution is 0.143. The molecule has 3 rings (SSSR count). The van der Waals surface area contributed by atoms with Crippen molar-refractivity contribution in [2.75, 3.05) is 18.0 Å². The van der Waals surface area contributed by atoms with Crippen molar-refractivity contribution in [1.29, 1.82) is 0 Å². The maximum Gasteiger partial charge on any atom is 0.415 e. The molecule has 0 spiro atoms. The van der Waals surface area contributed by atoms with Gasteiger partial charge >= 0.3 is 6.09 Å². The van der Waals surface area contributed by atoms with E-state index in [1.54, 1.807) is 12.1 Å². The van der Waals surface area contributed by atoms with Crippen LogP contribution in [0.15, 0.2) is 24.3 Å². The topological polar surface area (TPSA) is 41.6 Å². The van der Waals surface area contributed by atoms with E-state index in [0.717, 1.165) is 0 Å². The minimum Gasteiger partial charge on any atom is -0.442 e. The van der Waals surface area contributed by atoms with Gasteiger partial charge in [-0.3, -0.25) is 4.90 Å². The van der Waals surface area contributed by atoms with Gasteiger partial charge in [-0.05, 0) is 18.2 Å². The van der Waals surface area contributed by atoms with E-state index in [1.807, 2.05) is 0 Å². The minimum atomic E-state index is -0.387. The van der Waals surface area contributed by atoms with Crippen molar-refractivity contribution in [2.45, 2.75) is 12.1 Å². The molecular weight excluding hydrogens is 211 g/mol. The minimum absolute atomic E-state index is 0.0192. The summed E-state index contributed by atoms with van der Waals surface area (Å²) in [5, 5.41) is 3.15. The van der Waals surface area contributed by atoms with Crippen LogP contribution in [-0.4, -0.2) is 31.3 Å². The van der Waals surface area contributed by atoms with Crippen molar-refractivity contribution in [2.24, 2.45) is 0 Å². The molecule has 2 heterocycles. The van der Waals surface area contributed by atoms with Crippen LogP contribution in [0.5, 0.6) is 0 Å². The van der Waals surface area contributed by atoms with Gasteiger partial charge in [0.1, 0.15) is 11.9 Å². The number of nitrogens with one attached hydrogen (secondary N) is 1. The van der Waals surface area contributed by atoms with Crippen LogP contribution in [0.3, 0.4) is 0 Å². The number of hydrogen-bond acceptors (Lipinski definition) is 3. The van der Waals surface area contributed by atoms with E-state index in [-0.39, 0.29) is 24.1 Å². The zero-order valence-electron chi connectivity index (χ0n) is 8.52. The molecule has 16 heavy (non-hydrogen) atoms. The van der Waals surface area contributed by atoms with Crippen molar-refractivity contribution >= 4 is 11.8 Å². The first-order chi connectivity index (χ1) is 7.75. The number of halogens is 1. The normalized spacial score (nSPS) is 28.1. The Balaban J connectivity index is 1.96. The van der Waals surface area contributed by atoms with E-state index < -0.39 is 0 Å². The van der Waals surface area contributed by atoms with Crippen LogP contribution in [0.2, 0.25) is 0 Å². The third kappa shape index (κ3) is 1.36. The third-order valence-corrected chi connectivity index (χ3v) is 3.00. The van der Waals surface area contributed by atoms with E-state index in [4.69, 9.17) is 4.74 Å². The van der Waals surface area contributed by atoms with Gasteiger partial charge in [0.25, 0.3) is 0 Å². The molecule has 2 unspecified atom stereocenters. The zero-order valence-corrected chi connectivity index (χ0v) is 8.52. The summed E-state index contributed by atoms with van der Waals surface area (Å²) in [5.41, 5.74) is 0.557. The molecule has 0 aromatic heterocycles. The molecule has 1 N–H and O–H groups in total. The number of hydrogen-bond donors (Lipinski definition) is 1. The average molecular weight is 222 g/mol. The SMILES string of the molecule is O=C1OC2CNCC2N1c1cccc(F)c1. The molecule has 2 saturated heterocycles. The highest BCUT2D eigenvalue weighted by atomic mass is 19.1. The largest absolute Gasteiger partial charge is 0.442 e. The summed E-state index contributed by atoms with van der Waals surface area (Å²) in [6, 6.07) is 5.99. The second kappa shape index (κ2) is 3.45. The molecule has 2 aliphatic rings. The summed E-state index contributed by atoms with van der Waals surface area (Å²) in [7, 11) is 0. The number of anilines is 1. The van der Waals surface area contributed by atoms with E-state index in [2.05, 4.69) is 5.32 Å². The van der Waals surface area contributed by atoms with Crippen molar-refractivity contribution in [1.82, 2.24) is 5.32 Å². The number of fused-ring (bicyclic) bond motifs is 1. The van der Waals surface area contributed by atoms with Gasteiger partial charge in [-0.25, -0.2) is 9.18 Å². The highest BCUT2D eigenvalue weighted by Crippen LogP contribution is 2.28. The van der Waals surface area contributed by atoms with Crippen LogP contribution in [0, 0.1) is 5.82 Å². The molecule has 1 amide bonds. The van der Waals surface area contributed by atoms with Crippen LogP contribution in [0.25, 0.3) is 0 Å². The fraction of sp³-hybridized carbons (Fsp3) is 0.364. The molecule has 2 atom stereocenters. The standard InChI is InChI=1S/C11H11FN2O2/c12-7-2-1-3-8(4-7)14-9-5-13-6-10(9)16-11(14)15/h1-4,9-10,13H,5-6H2. The second-order valence-corrected chi connectivity index (χ2v) is 4.00. The molecule has 1 aromatic rings. The monoisotopic (exact) mass is 222 g/mol. The molecule has 84 valence electrons. The Hall–Kier alpha value is -1.62. The smallest absolute Gasteiger partial charge is 0.415 e. The van der Waals surface area contributed by atoms with Gasteiger partial charge in [0, 0.05) is 13.1 Å². The van der Waals surface area contributed by atoms with Crippen LogP contribution < -0.4 is 10.2 Å². The number of ether oxygens (including phenoxy) is 1. The van der Waals surface area contributed by atoms with Gasteiger partial charge in [-0.1, -0.05) is 6.07 Å². The maximum atomic E-state index is 13.1. The zero-order chi connectivity index (χ0) is 11.1. The lowest BCUT2D eigenvalue weighted by atomic mass is 10.2. The van der Waals surface area contributed by atoms with Gasteiger partial charge in [0.15, 0.2) is 0 Å². The third-order valence-electron chi connectivity index (χ3n) is 3.00. The quantitative estimate of drug-likeness (QED) is 0.774. The predicted molar refractivity (Wildman–Crippen MR) is 55.8 cm³/mol. The molecule has 5 heteroatoms. The highest BCUT2D eigenvalue weighted by molar-refractivity contribution is 5.91. The summed E-state index contributed by atoms with van der Waals surface area (Å²) >= 11 is 0. The number of carbonyl (C=O) groups is 1. The lowest BCUT2D eigenvalue weighted by Crippen LogP contribution is -2.37. The predicted octanol–water partition coefficient (Wildman–Crippen LogP) is 1.12. The number of carbonyl (C=O) groups excluding carboxylic acids is 1. The van der Waals surface area contributed by atoms with Crippen molar-refractivity contribution in [3.63, 3.8) is 0 Å². The summed E-state index contributed by atoms with van der Waals surface area (Å²) < 4.78 is 18.3. The molecule has 2 aliphatic heterocycles. The molecule has 4 nitrogen and oxygen atoms in total. The van der Waals surface area contributed by atoms with Crippen molar-refractivity contribution in [3.8, 4) is 0 Å². The first-order valence-corrected chi connectivity index (χ1v) is 5.22. The molecule has 1 aromatic carbocycles. The van der Waals surface area contributed by atoms with Gasteiger partial charge in [-0.2, -0.15) is 0 Å². The molecule has 0 radical (unpaired) electrons. The fourth-order valence-corrected chi connectivity index (χ4v) is 2.26. The molecule has 0 aliphatic carbocycles. The van der Waals surface area contributed by atoms with Crippen LogP contribution >= 0.6 is 0 Å². The Kier molecular flexibility index (Phi) is 2.07. The number of nitrogens with zero attached hydrogens (tertiary/aromatic N) is 1. The second-order valence-electron chi connectivity index (χ2n) is 4.00. The van der Waals surface area contributed by atoms with E-state index in [0.29, 0.717) is 18.8 Å². The number of rotatable bonds is 1. The first-order valence-electron chi connectivity index (χ1n) is 5.22. The summed E-state index contributed by atoms with van der Waals surface area (Å²) in [6.45, 7) is 1.36. The van der Waals surface area contributed by atoms with Crippen LogP contribution in [-0.2, 0) is 4.74 Å². The summed E-state index contributed by atoms with van der Waals surface area (Å²) in [5.74, 6) is -0.347. The number of amides is 1. The van der Waals surface area contributed by atoms with E-state index in [1.165, 1.54) is 17.0 Å². The van der Waals surface area contributed by atoms with Gasteiger partial charge < -0.3 is 10.1 Å². The Morgan fingerprint density at radius 1 is 1.44 bits per heavy atom. The Bertz CT molecular complexity index is 438. The first kappa shape index (κ1) is 9.59. The summed E-state index contributed by atoms with van der Waals surface area (Å²) in [6.07, 6.45) is -0.502. The van der Waals surface area contributed by atoms with Crippen LogP contribution in [0.4, 0.5) is 14.9 Å². The lowest BCUT2D eigenvalue weighted by Gasteiger charge is -2.19. The van der Waals surface area contributed by atoms with Crippen LogP contribution in [0.1, 0.15) is 0 Å². The Morgan fingerprint density at radius 2 is 2.31 bits per heavy atom. The summed E-state index contributed by atoms with van der Waals surface area (Å²) in [4.78, 5) is 13.2. The molecule has 0 bridgehead atoms. The van der Waals surface area contributed by atoms with Gasteiger partial charge in [0.05, 0.1) is 11.7 Å². The molecule has 2 fully saturated rings. The highest BCUT2D eigenvalue weighted by Gasteiger charge is 2.45. The van der Waals surface area contributed by atoms with Gasteiger partial charge in [-0.15, -0.1) is 0 Å². The Labute approximate surface area is 92.0 Å². The Morgan fingerprint density at radius 3 is 3.12 bits per heavy atom. The molecular formula is C11H11FN2O2.